The number of nitrogens with two attached hydrogens (primary N) is 1. The molecule has 0 aliphatic heterocycles. The molecule has 0 bridgehead atoms. The average molecular weight is 347 g/mol. The Morgan fingerprint density at radius 1 is 1.44 bits per heavy atom. The first kappa shape index (κ1) is 13.9. The quantitative estimate of drug-likeness (QED) is 0.866. The maximum absolute atomic E-state index is 6.16. The molecular formula is C13H13BrClNOS. The summed E-state index contributed by atoms with van der Waals surface area (Å²) in [6.07, 6.45) is 0. The van der Waals surface area contributed by atoms with Crippen molar-refractivity contribution in [1.82, 2.24) is 0 Å². The van der Waals surface area contributed by atoms with Crippen LogP contribution in [-0.2, 0) is 6.61 Å². The van der Waals surface area contributed by atoms with Crippen molar-refractivity contribution in [1.29, 1.82) is 0 Å². The van der Waals surface area contributed by atoms with Crippen LogP contribution in [0.1, 0.15) is 23.4 Å². The van der Waals surface area contributed by atoms with E-state index >= 15 is 0 Å². The summed E-state index contributed by atoms with van der Waals surface area (Å²) in [4.78, 5) is 1.14. The fourth-order valence-corrected chi connectivity index (χ4v) is 3.11. The van der Waals surface area contributed by atoms with E-state index in [1.165, 1.54) is 0 Å². The zero-order valence-electron chi connectivity index (χ0n) is 9.82. The predicted octanol–water partition coefficient (Wildman–Crippen LogP) is 4.76. The van der Waals surface area contributed by atoms with E-state index in [0.717, 1.165) is 14.9 Å². The second kappa shape index (κ2) is 6.06. The molecule has 1 aromatic heterocycles. The van der Waals surface area contributed by atoms with E-state index in [0.29, 0.717) is 17.4 Å². The van der Waals surface area contributed by atoms with Gasteiger partial charge in [0.1, 0.15) is 12.4 Å². The number of hydrogen-bond donors (Lipinski definition) is 1. The minimum absolute atomic E-state index is 0.0250. The lowest BCUT2D eigenvalue weighted by Crippen LogP contribution is -2.05. The van der Waals surface area contributed by atoms with Crippen molar-refractivity contribution < 1.29 is 4.74 Å². The third-order valence-corrected chi connectivity index (χ3v) is 4.73. The summed E-state index contributed by atoms with van der Waals surface area (Å²) < 4.78 is 6.77. The largest absolute Gasteiger partial charge is 0.486 e. The maximum atomic E-state index is 6.16. The molecule has 0 saturated heterocycles. The predicted molar refractivity (Wildman–Crippen MR) is 80.4 cm³/mol. The molecule has 0 radical (unpaired) electrons. The lowest BCUT2D eigenvalue weighted by Gasteiger charge is -2.10. The monoisotopic (exact) mass is 345 g/mol. The molecule has 2 nitrogen and oxygen atoms in total. The Morgan fingerprint density at radius 3 is 2.78 bits per heavy atom. The maximum Gasteiger partial charge on any atom is 0.138 e. The van der Waals surface area contributed by atoms with Crippen molar-refractivity contribution in [3.8, 4) is 5.75 Å². The van der Waals surface area contributed by atoms with Gasteiger partial charge in [-0.15, -0.1) is 11.3 Å². The smallest absolute Gasteiger partial charge is 0.138 e. The van der Waals surface area contributed by atoms with Crippen LogP contribution in [-0.4, -0.2) is 0 Å². The van der Waals surface area contributed by atoms with Crippen molar-refractivity contribution in [2.45, 2.75) is 19.6 Å². The van der Waals surface area contributed by atoms with E-state index in [-0.39, 0.29) is 6.04 Å². The van der Waals surface area contributed by atoms with Gasteiger partial charge in [-0.3, -0.25) is 0 Å². The number of halogens is 2. The number of hydrogen-bond acceptors (Lipinski definition) is 3. The van der Waals surface area contributed by atoms with E-state index < -0.39 is 0 Å². The molecule has 0 fully saturated rings. The summed E-state index contributed by atoms with van der Waals surface area (Å²) >= 11 is 11.3. The Kier molecular flexibility index (Phi) is 4.67. The van der Waals surface area contributed by atoms with E-state index in [1.807, 2.05) is 36.6 Å². The van der Waals surface area contributed by atoms with Gasteiger partial charge in [-0.05, 0) is 52.0 Å². The summed E-state index contributed by atoms with van der Waals surface area (Å²) in [5, 5.41) is 2.61. The normalized spacial score (nSPS) is 12.4. The van der Waals surface area contributed by atoms with Crippen molar-refractivity contribution in [3.05, 3.63) is 49.6 Å². The zero-order valence-corrected chi connectivity index (χ0v) is 13.0. The second-order valence-electron chi connectivity index (χ2n) is 3.96. The molecule has 0 spiro atoms. The number of rotatable bonds is 4. The van der Waals surface area contributed by atoms with Gasteiger partial charge in [0.25, 0.3) is 0 Å². The summed E-state index contributed by atoms with van der Waals surface area (Å²) in [5.41, 5.74) is 6.80. The SMILES string of the molecule is C[C@@H](N)c1ccc(OCc2sccc2Br)c(Cl)c1. The summed E-state index contributed by atoms with van der Waals surface area (Å²) in [6, 6.07) is 7.63. The molecule has 2 rings (SSSR count). The van der Waals surface area contributed by atoms with Gasteiger partial charge in [0, 0.05) is 10.5 Å². The van der Waals surface area contributed by atoms with Gasteiger partial charge in [-0.25, -0.2) is 0 Å². The third-order valence-electron chi connectivity index (χ3n) is 2.53. The van der Waals surface area contributed by atoms with Crippen LogP contribution in [0.3, 0.4) is 0 Å². The molecule has 1 heterocycles. The van der Waals surface area contributed by atoms with Crippen molar-refractivity contribution in [2.75, 3.05) is 0 Å². The van der Waals surface area contributed by atoms with Crippen LogP contribution in [0, 0.1) is 0 Å². The highest BCUT2D eigenvalue weighted by molar-refractivity contribution is 9.10. The molecular weight excluding hydrogens is 334 g/mol. The Labute approximate surface area is 124 Å². The van der Waals surface area contributed by atoms with E-state index in [2.05, 4.69) is 15.9 Å². The summed E-state index contributed by atoms with van der Waals surface area (Å²) in [5.74, 6) is 0.682. The van der Waals surface area contributed by atoms with Crippen LogP contribution in [0.2, 0.25) is 5.02 Å². The lowest BCUT2D eigenvalue weighted by atomic mass is 10.1. The standard InChI is InChI=1S/C13H13BrClNOS/c1-8(16)9-2-3-12(11(15)6-9)17-7-13-10(14)4-5-18-13/h2-6,8H,7,16H2,1H3/t8-/m1/s1. The Balaban J connectivity index is 2.08. The molecule has 0 aliphatic carbocycles. The Bertz CT molecular complexity index is 542. The Hall–Kier alpha value is -0.550. The highest BCUT2D eigenvalue weighted by atomic mass is 79.9. The number of benzene rings is 1. The lowest BCUT2D eigenvalue weighted by molar-refractivity contribution is 0.309. The van der Waals surface area contributed by atoms with E-state index in [4.69, 9.17) is 22.1 Å². The minimum atomic E-state index is -0.0250. The number of ether oxygens (including phenoxy) is 1. The molecule has 5 heteroatoms. The Morgan fingerprint density at radius 2 is 2.22 bits per heavy atom. The highest BCUT2D eigenvalue weighted by Crippen LogP contribution is 2.30. The van der Waals surface area contributed by atoms with Gasteiger partial charge in [0.2, 0.25) is 0 Å². The summed E-state index contributed by atoms with van der Waals surface area (Å²) in [6.45, 7) is 2.43. The fourth-order valence-electron chi connectivity index (χ4n) is 1.49. The van der Waals surface area contributed by atoms with Crippen molar-refractivity contribution >= 4 is 38.9 Å². The molecule has 96 valence electrons. The molecule has 0 unspecified atom stereocenters. The molecule has 2 N–H and O–H groups in total. The third kappa shape index (κ3) is 3.26. The first-order valence-electron chi connectivity index (χ1n) is 5.47. The first-order valence-corrected chi connectivity index (χ1v) is 7.52. The van der Waals surface area contributed by atoms with Gasteiger partial charge in [0.15, 0.2) is 0 Å². The van der Waals surface area contributed by atoms with Crippen molar-refractivity contribution in [3.63, 3.8) is 0 Å². The zero-order chi connectivity index (χ0) is 13.1. The minimum Gasteiger partial charge on any atom is -0.486 e. The van der Waals surface area contributed by atoms with Crippen LogP contribution >= 0.6 is 38.9 Å². The second-order valence-corrected chi connectivity index (χ2v) is 6.22. The molecule has 18 heavy (non-hydrogen) atoms. The van der Waals surface area contributed by atoms with Crippen LogP contribution in [0.4, 0.5) is 0 Å². The van der Waals surface area contributed by atoms with E-state index in [9.17, 15) is 0 Å². The van der Waals surface area contributed by atoms with Crippen molar-refractivity contribution in [2.24, 2.45) is 5.73 Å². The van der Waals surface area contributed by atoms with Gasteiger partial charge in [-0.1, -0.05) is 17.7 Å². The van der Waals surface area contributed by atoms with Crippen LogP contribution in [0.15, 0.2) is 34.1 Å². The average Bonchev–Trinajstić information content (AvgIpc) is 2.73. The van der Waals surface area contributed by atoms with Crippen LogP contribution in [0.25, 0.3) is 0 Å². The highest BCUT2D eigenvalue weighted by Gasteiger charge is 2.07. The van der Waals surface area contributed by atoms with Gasteiger partial charge in [-0.2, -0.15) is 0 Å². The summed E-state index contributed by atoms with van der Waals surface area (Å²) in [7, 11) is 0. The molecule has 0 amide bonds. The fraction of sp³-hybridized carbons (Fsp3) is 0.231. The molecule has 0 saturated carbocycles. The molecule has 0 aliphatic rings. The van der Waals surface area contributed by atoms with E-state index in [1.54, 1.807) is 11.3 Å². The molecule has 1 aromatic carbocycles. The van der Waals surface area contributed by atoms with Gasteiger partial charge < -0.3 is 10.5 Å². The molecule has 1 atom stereocenters. The first-order chi connectivity index (χ1) is 8.58. The molecule has 2 aromatic rings. The van der Waals surface area contributed by atoms with Gasteiger partial charge >= 0.3 is 0 Å². The van der Waals surface area contributed by atoms with Crippen LogP contribution < -0.4 is 10.5 Å². The van der Waals surface area contributed by atoms with Gasteiger partial charge in [0.05, 0.1) is 9.90 Å². The van der Waals surface area contributed by atoms with Crippen LogP contribution in [0.5, 0.6) is 5.75 Å². The topological polar surface area (TPSA) is 35.2 Å². The number of thiophene rings is 1.